The van der Waals surface area contributed by atoms with E-state index in [1.54, 1.807) is 0 Å². The minimum atomic E-state index is 0.637. The van der Waals surface area contributed by atoms with Gasteiger partial charge < -0.3 is 9.80 Å². The number of anilines is 3. The number of allylic oxidation sites excluding steroid dienone is 3. The highest BCUT2D eigenvalue weighted by atomic mass is 15.1. The Kier molecular flexibility index (Phi) is 7.90. The van der Waals surface area contributed by atoms with Gasteiger partial charge >= 0.3 is 0 Å². The van der Waals surface area contributed by atoms with E-state index in [-0.39, 0.29) is 0 Å². The third-order valence-corrected chi connectivity index (χ3v) is 7.03. The summed E-state index contributed by atoms with van der Waals surface area (Å²) in [5, 5.41) is 11.5. The summed E-state index contributed by atoms with van der Waals surface area (Å²) in [4.78, 5) is 4.32. The fraction of sp³-hybridized carbons (Fsp3) is 0.0541. The molecule has 0 radical (unpaired) electrons. The van der Waals surface area contributed by atoms with Gasteiger partial charge in [0.25, 0.3) is 0 Å². The number of nitriles is 1. The lowest BCUT2D eigenvalue weighted by atomic mass is 10.0. The number of rotatable bonds is 8. The van der Waals surface area contributed by atoms with E-state index in [9.17, 15) is 0 Å². The zero-order valence-corrected chi connectivity index (χ0v) is 22.8. The Labute approximate surface area is 236 Å². The summed E-state index contributed by atoms with van der Waals surface area (Å²) in [6.07, 6.45) is 6.27. The van der Waals surface area contributed by atoms with Gasteiger partial charge in [0.1, 0.15) is 0 Å². The molecule has 194 valence electrons. The zero-order valence-electron chi connectivity index (χ0n) is 22.8. The second-order valence-corrected chi connectivity index (χ2v) is 9.51. The summed E-state index contributed by atoms with van der Waals surface area (Å²) in [5.41, 5.74) is 7.98. The summed E-state index contributed by atoms with van der Waals surface area (Å²) in [6.45, 7) is 6.38. The molecule has 0 fully saturated rings. The van der Waals surface area contributed by atoms with Gasteiger partial charge in [0, 0.05) is 35.2 Å². The first kappa shape index (κ1) is 26.3. The Hall–Kier alpha value is -5.33. The van der Waals surface area contributed by atoms with Crippen LogP contribution in [-0.4, -0.2) is 7.05 Å². The topological polar surface area (TPSA) is 30.3 Å². The molecule has 0 bridgehead atoms. The number of fused-ring (bicyclic) bond motifs is 1. The minimum absolute atomic E-state index is 0.637. The van der Waals surface area contributed by atoms with Crippen LogP contribution in [0.5, 0.6) is 0 Å². The third kappa shape index (κ3) is 5.57. The van der Waals surface area contributed by atoms with Gasteiger partial charge in [-0.3, -0.25) is 0 Å². The van der Waals surface area contributed by atoms with Crippen LogP contribution < -0.4 is 9.80 Å². The lowest BCUT2D eigenvalue weighted by Crippen LogP contribution is -2.17. The van der Waals surface area contributed by atoms with Crippen molar-refractivity contribution in [3.05, 3.63) is 163 Å². The predicted octanol–water partition coefficient (Wildman–Crippen LogP) is 9.63. The Morgan fingerprint density at radius 3 is 2.15 bits per heavy atom. The summed E-state index contributed by atoms with van der Waals surface area (Å²) in [6, 6.07) is 43.7. The van der Waals surface area contributed by atoms with E-state index in [0.29, 0.717) is 5.56 Å². The highest BCUT2D eigenvalue weighted by Gasteiger charge is 2.16. The van der Waals surface area contributed by atoms with Gasteiger partial charge in [-0.15, -0.1) is 0 Å². The molecule has 0 saturated heterocycles. The van der Waals surface area contributed by atoms with Crippen molar-refractivity contribution < 1.29 is 0 Å². The standard InChI is InChI=1S/C37H31N3/c1-4-33(23-20-28(2)39(3)34-24-21-29(27-38)22-25-34)40(37-19-11-15-31-14-8-9-18-36(31)37)35-17-10-16-32(26-35)30-12-6-5-7-13-30/h4-26H,2H2,1,3H3/b23-20-,33-4+. The Balaban J connectivity index is 1.56. The lowest BCUT2D eigenvalue weighted by Gasteiger charge is -2.28. The molecule has 0 atom stereocenters. The van der Waals surface area contributed by atoms with Crippen LogP contribution in [0.4, 0.5) is 17.1 Å². The average Bonchev–Trinajstić information content (AvgIpc) is 3.03. The number of benzene rings is 5. The SMILES string of the molecule is C=C(/C=C\C(=C/C)N(c1cccc(-c2ccccc2)c1)c1cccc2ccccc12)N(C)c1ccc(C#N)cc1. The second-order valence-electron chi connectivity index (χ2n) is 9.51. The van der Waals surface area contributed by atoms with Gasteiger partial charge in [-0.1, -0.05) is 91.5 Å². The number of likely N-dealkylation sites (N-methyl/N-ethyl adjacent to an activating group) is 1. The normalized spacial score (nSPS) is 11.4. The molecule has 3 nitrogen and oxygen atoms in total. The molecule has 5 aromatic rings. The van der Waals surface area contributed by atoms with Gasteiger partial charge in [-0.2, -0.15) is 5.26 Å². The van der Waals surface area contributed by atoms with Crippen LogP contribution in [0.3, 0.4) is 0 Å². The van der Waals surface area contributed by atoms with Crippen molar-refractivity contribution in [2.24, 2.45) is 0 Å². The van der Waals surface area contributed by atoms with Crippen molar-refractivity contribution in [1.82, 2.24) is 0 Å². The zero-order chi connectivity index (χ0) is 27.9. The first-order chi connectivity index (χ1) is 19.6. The van der Waals surface area contributed by atoms with Crippen LogP contribution in [-0.2, 0) is 0 Å². The molecule has 0 aromatic heterocycles. The van der Waals surface area contributed by atoms with E-state index in [1.165, 1.54) is 16.3 Å². The van der Waals surface area contributed by atoms with Crippen LogP contribution in [0.15, 0.2) is 158 Å². The highest BCUT2D eigenvalue weighted by Crippen LogP contribution is 2.37. The summed E-state index contributed by atoms with van der Waals surface area (Å²) >= 11 is 0. The van der Waals surface area contributed by atoms with Crippen LogP contribution in [0.25, 0.3) is 21.9 Å². The van der Waals surface area contributed by atoms with E-state index in [0.717, 1.165) is 34.0 Å². The number of hydrogen-bond donors (Lipinski definition) is 0. The first-order valence-corrected chi connectivity index (χ1v) is 13.3. The van der Waals surface area contributed by atoms with E-state index >= 15 is 0 Å². The monoisotopic (exact) mass is 517 g/mol. The average molecular weight is 518 g/mol. The van der Waals surface area contributed by atoms with Crippen molar-refractivity contribution in [1.29, 1.82) is 5.26 Å². The minimum Gasteiger partial charge on any atom is -0.345 e. The molecular formula is C37H31N3. The van der Waals surface area contributed by atoms with Gasteiger partial charge in [-0.25, -0.2) is 0 Å². The molecule has 5 aromatic carbocycles. The van der Waals surface area contributed by atoms with Crippen molar-refractivity contribution in [3.8, 4) is 17.2 Å². The second kappa shape index (κ2) is 12.0. The highest BCUT2D eigenvalue weighted by molar-refractivity contribution is 5.97. The molecule has 0 N–H and O–H groups in total. The van der Waals surface area contributed by atoms with Crippen LogP contribution in [0.2, 0.25) is 0 Å². The smallest absolute Gasteiger partial charge is 0.0991 e. The first-order valence-electron chi connectivity index (χ1n) is 13.3. The maximum absolute atomic E-state index is 9.13. The molecular weight excluding hydrogens is 486 g/mol. The molecule has 0 aliphatic rings. The van der Waals surface area contributed by atoms with E-state index in [4.69, 9.17) is 5.26 Å². The molecule has 0 heterocycles. The van der Waals surface area contributed by atoms with Crippen LogP contribution in [0, 0.1) is 11.3 Å². The number of hydrogen-bond acceptors (Lipinski definition) is 3. The Bertz CT molecular complexity index is 1730. The summed E-state index contributed by atoms with van der Waals surface area (Å²) < 4.78 is 0. The molecule has 5 rings (SSSR count). The summed E-state index contributed by atoms with van der Waals surface area (Å²) in [7, 11) is 1.98. The Morgan fingerprint density at radius 1 is 0.725 bits per heavy atom. The van der Waals surface area contributed by atoms with Crippen molar-refractivity contribution in [3.63, 3.8) is 0 Å². The van der Waals surface area contributed by atoms with Crippen molar-refractivity contribution >= 4 is 27.8 Å². The molecule has 0 aliphatic heterocycles. The van der Waals surface area contributed by atoms with Gasteiger partial charge in [0.05, 0.1) is 17.3 Å². The fourth-order valence-corrected chi connectivity index (χ4v) is 4.80. The third-order valence-electron chi connectivity index (χ3n) is 7.03. The molecule has 0 unspecified atom stereocenters. The lowest BCUT2D eigenvalue weighted by molar-refractivity contribution is 1.14. The molecule has 40 heavy (non-hydrogen) atoms. The van der Waals surface area contributed by atoms with Gasteiger partial charge in [0.2, 0.25) is 0 Å². The van der Waals surface area contributed by atoms with Crippen molar-refractivity contribution in [2.75, 3.05) is 16.8 Å². The molecule has 3 heteroatoms. The maximum atomic E-state index is 9.13. The largest absolute Gasteiger partial charge is 0.345 e. The number of nitrogens with zero attached hydrogens (tertiary/aromatic N) is 3. The van der Waals surface area contributed by atoms with Crippen molar-refractivity contribution in [2.45, 2.75) is 6.92 Å². The maximum Gasteiger partial charge on any atom is 0.0991 e. The van der Waals surface area contributed by atoms with Crippen LogP contribution in [0.1, 0.15) is 12.5 Å². The quantitative estimate of drug-likeness (QED) is 0.192. The molecule has 0 amide bonds. The van der Waals surface area contributed by atoms with Gasteiger partial charge in [-0.05, 0) is 78.1 Å². The van der Waals surface area contributed by atoms with Gasteiger partial charge in [0.15, 0.2) is 0 Å². The van der Waals surface area contributed by atoms with E-state index in [1.807, 2.05) is 48.4 Å². The molecule has 0 spiro atoms. The van der Waals surface area contributed by atoms with E-state index < -0.39 is 0 Å². The predicted molar refractivity (Wildman–Crippen MR) is 170 cm³/mol. The van der Waals surface area contributed by atoms with E-state index in [2.05, 4.69) is 128 Å². The fourth-order valence-electron chi connectivity index (χ4n) is 4.80. The molecule has 0 saturated carbocycles. The summed E-state index contributed by atoms with van der Waals surface area (Å²) in [5.74, 6) is 0. The molecule has 0 aliphatic carbocycles. The van der Waals surface area contributed by atoms with Crippen LogP contribution >= 0.6 is 0 Å². The Morgan fingerprint density at radius 2 is 1.40 bits per heavy atom.